The first-order chi connectivity index (χ1) is 7.92. The van der Waals surface area contributed by atoms with Crippen LogP contribution in [-0.4, -0.2) is 54.6 Å². The van der Waals surface area contributed by atoms with Gasteiger partial charge in [-0.3, -0.25) is 9.59 Å². The molecule has 0 rings (SSSR count). The van der Waals surface area contributed by atoms with E-state index in [1.807, 2.05) is 0 Å². The van der Waals surface area contributed by atoms with Crippen LogP contribution in [0.1, 0.15) is 13.8 Å². The van der Waals surface area contributed by atoms with Crippen molar-refractivity contribution in [1.82, 2.24) is 15.5 Å². The summed E-state index contributed by atoms with van der Waals surface area (Å²) in [6, 6.07) is -0.441. The van der Waals surface area contributed by atoms with Crippen molar-refractivity contribution in [2.24, 2.45) is 5.92 Å². The predicted octanol–water partition coefficient (Wildman–Crippen LogP) is -0.515. The summed E-state index contributed by atoms with van der Waals surface area (Å²) in [5.41, 5.74) is 0. The maximum absolute atomic E-state index is 11.6. The molecule has 0 heterocycles. The number of rotatable bonds is 6. The number of nitrogens with zero attached hydrogens (tertiary/aromatic N) is 1. The van der Waals surface area contributed by atoms with Gasteiger partial charge in [0.25, 0.3) is 0 Å². The third-order valence-electron chi connectivity index (χ3n) is 2.26. The first-order valence-electron chi connectivity index (χ1n) is 5.38. The zero-order valence-corrected chi connectivity index (χ0v) is 10.3. The molecule has 0 saturated carbocycles. The molecule has 0 aromatic heterocycles. The monoisotopic (exact) mass is 245 g/mol. The average Bonchev–Trinajstić information content (AvgIpc) is 2.31. The Hall–Kier alpha value is -1.79. The Morgan fingerprint density at radius 1 is 1.35 bits per heavy atom. The van der Waals surface area contributed by atoms with Crippen molar-refractivity contribution in [1.29, 1.82) is 0 Å². The molecule has 0 radical (unpaired) electrons. The van der Waals surface area contributed by atoms with E-state index in [9.17, 15) is 14.4 Å². The predicted molar refractivity (Wildman–Crippen MR) is 61.5 cm³/mol. The SMILES string of the molecule is CCN(CC(C)C(=O)O)C(=O)NCC(=O)NC. The molecule has 0 aliphatic carbocycles. The van der Waals surface area contributed by atoms with Crippen molar-refractivity contribution in [2.75, 3.05) is 26.7 Å². The van der Waals surface area contributed by atoms with Crippen LogP contribution in [0.2, 0.25) is 0 Å². The van der Waals surface area contributed by atoms with Crippen molar-refractivity contribution in [3.05, 3.63) is 0 Å². The lowest BCUT2D eigenvalue weighted by molar-refractivity contribution is -0.141. The van der Waals surface area contributed by atoms with Gasteiger partial charge >= 0.3 is 12.0 Å². The number of carbonyl (C=O) groups is 3. The molecule has 1 atom stereocenters. The summed E-state index contributed by atoms with van der Waals surface area (Å²) in [4.78, 5) is 34.5. The van der Waals surface area contributed by atoms with Crippen LogP contribution in [0.4, 0.5) is 4.79 Å². The molecule has 17 heavy (non-hydrogen) atoms. The van der Waals surface area contributed by atoms with Crippen LogP contribution in [0.25, 0.3) is 0 Å². The smallest absolute Gasteiger partial charge is 0.317 e. The molecule has 0 fully saturated rings. The molecule has 0 bridgehead atoms. The van der Waals surface area contributed by atoms with Crippen LogP contribution < -0.4 is 10.6 Å². The first kappa shape index (κ1) is 15.2. The third kappa shape index (κ3) is 5.74. The summed E-state index contributed by atoms with van der Waals surface area (Å²) in [5, 5.41) is 13.5. The number of likely N-dealkylation sites (N-methyl/N-ethyl adjacent to an activating group) is 1. The maximum Gasteiger partial charge on any atom is 0.317 e. The van der Waals surface area contributed by atoms with Crippen molar-refractivity contribution in [2.45, 2.75) is 13.8 Å². The van der Waals surface area contributed by atoms with Crippen molar-refractivity contribution in [3.8, 4) is 0 Å². The van der Waals surface area contributed by atoms with Gasteiger partial charge in [0, 0.05) is 20.1 Å². The first-order valence-corrected chi connectivity index (χ1v) is 5.38. The molecular weight excluding hydrogens is 226 g/mol. The van der Waals surface area contributed by atoms with E-state index in [2.05, 4.69) is 10.6 Å². The maximum atomic E-state index is 11.6. The number of carboxylic acids is 1. The lowest BCUT2D eigenvalue weighted by atomic mass is 10.2. The van der Waals surface area contributed by atoms with Crippen molar-refractivity contribution < 1.29 is 19.5 Å². The highest BCUT2D eigenvalue weighted by atomic mass is 16.4. The van der Waals surface area contributed by atoms with E-state index in [0.717, 1.165) is 0 Å². The van der Waals surface area contributed by atoms with Crippen LogP contribution in [0, 0.1) is 5.92 Å². The standard InChI is InChI=1S/C10H19N3O4/c1-4-13(6-7(2)9(15)16)10(17)12-5-8(14)11-3/h7H,4-6H2,1-3H3,(H,11,14)(H,12,17)(H,15,16). The molecule has 0 saturated heterocycles. The number of carboxylic acid groups (broad SMARTS) is 1. The molecular formula is C10H19N3O4. The second kappa shape index (κ2) is 7.48. The van der Waals surface area contributed by atoms with Gasteiger partial charge in [0.15, 0.2) is 0 Å². The quantitative estimate of drug-likeness (QED) is 0.586. The van der Waals surface area contributed by atoms with Crippen LogP contribution in [0.3, 0.4) is 0 Å². The van der Waals surface area contributed by atoms with E-state index in [-0.39, 0.29) is 19.0 Å². The highest BCUT2D eigenvalue weighted by Crippen LogP contribution is 2.00. The van der Waals surface area contributed by atoms with Gasteiger partial charge in [-0.2, -0.15) is 0 Å². The number of hydrogen-bond donors (Lipinski definition) is 3. The van der Waals surface area contributed by atoms with E-state index in [0.29, 0.717) is 6.54 Å². The van der Waals surface area contributed by atoms with Crippen LogP contribution in [-0.2, 0) is 9.59 Å². The molecule has 7 heteroatoms. The van der Waals surface area contributed by atoms with Gasteiger partial charge in [-0.1, -0.05) is 6.92 Å². The minimum absolute atomic E-state index is 0.116. The molecule has 7 nitrogen and oxygen atoms in total. The van der Waals surface area contributed by atoms with Gasteiger partial charge in [-0.15, -0.1) is 0 Å². The summed E-state index contributed by atoms with van der Waals surface area (Å²) in [5.74, 6) is -1.90. The number of carbonyl (C=O) groups excluding carboxylic acids is 2. The molecule has 0 aliphatic heterocycles. The van der Waals surface area contributed by atoms with Crippen molar-refractivity contribution >= 4 is 17.9 Å². The Morgan fingerprint density at radius 2 is 1.94 bits per heavy atom. The van der Waals surface area contributed by atoms with Gasteiger partial charge in [0.05, 0.1) is 12.5 Å². The Labute approximate surface area is 100 Å². The van der Waals surface area contributed by atoms with E-state index < -0.39 is 17.9 Å². The lowest BCUT2D eigenvalue weighted by Crippen LogP contribution is -2.46. The molecule has 98 valence electrons. The Balaban J connectivity index is 4.21. The summed E-state index contributed by atoms with van der Waals surface area (Å²) in [6.07, 6.45) is 0. The van der Waals surface area contributed by atoms with Gasteiger partial charge in [-0.05, 0) is 6.92 Å². The number of urea groups is 1. The van der Waals surface area contributed by atoms with Crippen LogP contribution in [0.5, 0.6) is 0 Å². The second-order valence-corrected chi connectivity index (χ2v) is 3.61. The summed E-state index contributed by atoms with van der Waals surface area (Å²) < 4.78 is 0. The number of aliphatic carboxylic acids is 1. The topological polar surface area (TPSA) is 98.7 Å². The minimum atomic E-state index is -0.956. The Bertz CT molecular complexity index is 293. The van der Waals surface area contributed by atoms with Crippen LogP contribution in [0.15, 0.2) is 0 Å². The van der Waals surface area contributed by atoms with Gasteiger partial charge < -0.3 is 20.6 Å². The molecule has 0 aromatic rings. The van der Waals surface area contributed by atoms with Crippen LogP contribution >= 0.6 is 0 Å². The Kier molecular flexibility index (Phi) is 6.69. The highest BCUT2D eigenvalue weighted by Gasteiger charge is 2.19. The lowest BCUT2D eigenvalue weighted by Gasteiger charge is -2.22. The fraction of sp³-hybridized carbons (Fsp3) is 0.700. The van der Waals surface area contributed by atoms with Gasteiger partial charge in [0.2, 0.25) is 5.91 Å². The van der Waals surface area contributed by atoms with E-state index >= 15 is 0 Å². The normalized spacial score (nSPS) is 11.5. The molecule has 1 unspecified atom stereocenters. The zero-order valence-electron chi connectivity index (χ0n) is 10.3. The average molecular weight is 245 g/mol. The van der Waals surface area contributed by atoms with Gasteiger partial charge in [0.1, 0.15) is 0 Å². The van der Waals surface area contributed by atoms with E-state index in [1.54, 1.807) is 6.92 Å². The second-order valence-electron chi connectivity index (χ2n) is 3.61. The molecule has 0 aliphatic rings. The third-order valence-corrected chi connectivity index (χ3v) is 2.26. The number of amides is 3. The van der Waals surface area contributed by atoms with E-state index in [1.165, 1.54) is 18.9 Å². The zero-order chi connectivity index (χ0) is 13.4. The highest BCUT2D eigenvalue weighted by molar-refractivity contribution is 5.84. The largest absolute Gasteiger partial charge is 0.481 e. The molecule has 3 N–H and O–H groups in total. The number of nitrogens with one attached hydrogen (secondary N) is 2. The number of hydrogen-bond acceptors (Lipinski definition) is 3. The van der Waals surface area contributed by atoms with Gasteiger partial charge in [-0.25, -0.2) is 4.79 Å². The van der Waals surface area contributed by atoms with Crippen molar-refractivity contribution in [3.63, 3.8) is 0 Å². The Morgan fingerprint density at radius 3 is 2.35 bits per heavy atom. The molecule has 3 amide bonds. The molecule has 0 aromatic carbocycles. The summed E-state index contributed by atoms with van der Waals surface area (Å²) in [7, 11) is 1.47. The van der Waals surface area contributed by atoms with E-state index in [4.69, 9.17) is 5.11 Å². The fourth-order valence-electron chi connectivity index (χ4n) is 1.12. The minimum Gasteiger partial charge on any atom is -0.481 e. The fourth-order valence-corrected chi connectivity index (χ4v) is 1.12. The summed E-state index contributed by atoms with van der Waals surface area (Å²) >= 11 is 0. The summed E-state index contributed by atoms with van der Waals surface area (Å²) in [6.45, 7) is 3.65. The molecule has 0 spiro atoms.